The van der Waals surface area contributed by atoms with Crippen LogP contribution in [0.5, 0.6) is 0 Å². The van der Waals surface area contributed by atoms with Gasteiger partial charge in [-0.3, -0.25) is 4.98 Å². The third kappa shape index (κ3) is 2.08. The first kappa shape index (κ1) is 12.8. The minimum Gasteiger partial charge on any atom is -0.330 e. The van der Waals surface area contributed by atoms with E-state index in [0.29, 0.717) is 6.54 Å². The van der Waals surface area contributed by atoms with Crippen LogP contribution in [0.25, 0.3) is 16.9 Å². The topological polar surface area (TPSA) is 56.2 Å². The summed E-state index contributed by atoms with van der Waals surface area (Å²) in [5.74, 6) is 0.245. The SMILES string of the molecule is Cc1ccc2nc(-c3ccncc3)c(C(C)CN)n2c1. The molecule has 102 valence electrons. The number of hydrogen-bond acceptors (Lipinski definition) is 3. The molecule has 0 bridgehead atoms. The van der Waals surface area contributed by atoms with Crippen LogP contribution >= 0.6 is 0 Å². The summed E-state index contributed by atoms with van der Waals surface area (Å²) >= 11 is 0. The molecular weight excluding hydrogens is 248 g/mol. The summed E-state index contributed by atoms with van der Waals surface area (Å²) in [5.41, 5.74) is 11.3. The van der Waals surface area contributed by atoms with Crippen molar-refractivity contribution in [1.82, 2.24) is 14.4 Å². The summed E-state index contributed by atoms with van der Waals surface area (Å²) in [6.45, 7) is 4.82. The minimum atomic E-state index is 0.245. The van der Waals surface area contributed by atoms with Crippen LogP contribution in [0.1, 0.15) is 24.1 Å². The average molecular weight is 266 g/mol. The maximum atomic E-state index is 5.89. The Kier molecular flexibility index (Phi) is 3.24. The van der Waals surface area contributed by atoms with Gasteiger partial charge < -0.3 is 10.1 Å². The molecule has 0 saturated heterocycles. The Labute approximate surface area is 118 Å². The number of rotatable bonds is 3. The van der Waals surface area contributed by atoms with Gasteiger partial charge in [-0.25, -0.2) is 4.98 Å². The monoisotopic (exact) mass is 266 g/mol. The minimum absolute atomic E-state index is 0.245. The largest absolute Gasteiger partial charge is 0.330 e. The van der Waals surface area contributed by atoms with Crippen molar-refractivity contribution in [3.05, 3.63) is 54.1 Å². The van der Waals surface area contributed by atoms with E-state index in [9.17, 15) is 0 Å². The van der Waals surface area contributed by atoms with E-state index in [1.807, 2.05) is 18.2 Å². The lowest BCUT2D eigenvalue weighted by molar-refractivity contribution is 0.738. The van der Waals surface area contributed by atoms with E-state index < -0.39 is 0 Å². The van der Waals surface area contributed by atoms with Gasteiger partial charge in [-0.15, -0.1) is 0 Å². The summed E-state index contributed by atoms with van der Waals surface area (Å²) in [6.07, 6.45) is 5.71. The number of imidazole rings is 1. The molecule has 3 aromatic rings. The summed E-state index contributed by atoms with van der Waals surface area (Å²) in [7, 11) is 0. The molecule has 0 spiro atoms. The highest BCUT2D eigenvalue weighted by Crippen LogP contribution is 2.29. The van der Waals surface area contributed by atoms with E-state index >= 15 is 0 Å². The Hall–Kier alpha value is -2.20. The lowest BCUT2D eigenvalue weighted by Gasteiger charge is -2.11. The van der Waals surface area contributed by atoms with Crippen LogP contribution in [0, 0.1) is 6.92 Å². The average Bonchev–Trinajstić information content (AvgIpc) is 2.86. The van der Waals surface area contributed by atoms with E-state index in [2.05, 4.69) is 35.5 Å². The zero-order valence-corrected chi connectivity index (χ0v) is 11.7. The predicted molar refractivity (Wildman–Crippen MR) is 80.6 cm³/mol. The molecule has 4 nitrogen and oxygen atoms in total. The highest BCUT2D eigenvalue weighted by Gasteiger charge is 2.18. The van der Waals surface area contributed by atoms with Crippen LogP contribution in [0.4, 0.5) is 0 Å². The lowest BCUT2D eigenvalue weighted by atomic mass is 10.0. The normalized spacial score (nSPS) is 12.8. The number of nitrogens with zero attached hydrogens (tertiary/aromatic N) is 3. The first-order valence-electron chi connectivity index (χ1n) is 6.79. The molecule has 0 radical (unpaired) electrons. The van der Waals surface area contributed by atoms with Crippen molar-refractivity contribution in [2.24, 2.45) is 5.73 Å². The summed E-state index contributed by atoms with van der Waals surface area (Å²) < 4.78 is 2.16. The van der Waals surface area contributed by atoms with E-state index in [-0.39, 0.29) is 5.92 Å². The highest BCUT2D eigenvalue weighted by atomic mass is 15.0. The van der Waals surface area contributed by atoms with Crippen LogP contribution in [0.3, 0.4) is 0 Å². The number of fused-ring (bicyclic) bond motifs is 1. The van der Waals surface area contributed by atoms with Gasteiger partial charge in [-0.1, -0.05) is 13.0 Å². The van der Waals surface area contributed by atoms with Gasteiger partial charge in [-0.05, 0) is 30.7 Å². The molecule has 0 saturated carbocycles. The van der Waals surface area contributed by atoms with Gasteiger partial charge in [0.25, 0.3) is 0 Å². The van der Waals surface area contributed by atoms with Crippen molar-refractivity contribution >= 4 is 5.65 Å². The fourth-order valence-electron chi connectivity index (χ4n) is 2.47. The number of aromatic nitrogens is 3. The summed E-state index contributed by atoms with van der Waals surface area (Å²) in [5, 5.41) is 0. The van der Waals surface area contributed by atoms with Gasteiger partial charge in [0.15, 0.2) is 0 Å². The van der Waals surface area contributed by atoms with Gasteiger partial charge in [0.2, 0.25) is 0 Å². The number of hydrogen-bond donors (Lipinski definition) is 1. The maximum absolute atomic E-state index is 5.89. The summed E-state index contributed by atoms with van der Waals surface area (Å²) in [4.78, 5) is 8.85. The standard InChI is InChI=1S/C16H18N4/c1-11-3-4-14-19-15(13-5-7-18-8-6-13)16(12(2)9-17)20(14)10-11/h3-8,10,12H,9,17H2,1-2H3. The zero-order chi connectivity index (χ0) is 14.1. The molecule has 2 N–H and O–H groups in total. The van der Waals surface area contributed by atoms with Crippen molar-refractivity contribution in [3.8, 4) is 11.3 Å². The second-order valence-corrected chi connectivity index (χ2v) is 5.15. The lowest BCUT2D eigenvalue weighted by Crippen LogP contribution is -2.12. The number of pyridine rings is 2. The van der Waals surface area contributed by atoms with Crippen molar-refractivity contribution in [3.63, 3.8) is 0 Å². The molecule has 0 amide bonds. The van der Waals surface area contributed by atoms with E-state index in [1.54, 1.807) is 12.4 Å². The molecule has 0 aliphatic carbocycles. The Morgan fingerprint density at radius 2 is 1.95 bits per heavy atom. The fraction of sp³-hybridized carbons (Fsp3) is 0.250. The quantitative estimate of drug-likeness (QED) is 0.793. The van der Waals surface area contributed by atoms with Crippen LogP contribution < -0.4 is 5.73 Å². The van der Waals surface area contributed by atoms with Gasteiger partial charge in [0.05, 0.1) is 11.4 Å². The molecule has 3 aromatic heterocycles. The number of nitrogens with two attached hydrogens (primary N) is 1. The smallest absolute Gasteiger partial charge is 0.137 e. The third-order valence-corrected chi connectivity index (χ3v) is 3.58. The number of aryl methyl sites for hydroxylation is 1. The first-order valence-corrected chi connectivity index (χ1v) is 6.79. The van der Waals surface area contributed by atoms with Crippen molar-refractivity contribution in [2.45, 2.75) is 19.8 Å². The molecule has 0 fully saturated rings. The molecule has 3 rings (SSSR count). The summed E-state index contributed by atoms with van der Waals surface area (Å²) in [6, 6.07) is 8.10. The van der Waals surface area contributed by atoms with Gasteiger partial charge >= 0.3 is 0 Å². The molecule has 1 atom stereocenters. The third-order valence-electron chi connectivity index (χ3n) is 3.58. The Balaban J connectivity index is 2.31. The van der Waals surface area contributed by atoms with E-state index in [4.69, 9.17) is 10.7 Å². The van der Waals surface area contributed by atoms with E-state index in [1.165, 1.54) is 5.56 Å². The highest BCUT2D eigenvalue weighted by molar-refractivity contribution is 5.67. The van der Waals surface area contributed by atoms with Gasteiger partial charge in [0, 0.05) is 36.6 Å². The Morgan fingerprint density at radius 1 is 1.20 bits per heavy atom. The molecule has 3 heterocycles. The van der Waals surface area contributed by atoms with Crippen LogP contribution in [-0.2, 0) is 0 Å². The molecule has 4 heteroatoms. The van der Waals surface area contributed by atoms with Crippen molar-refractivity contribution in [2.75, 3.05) is 6.54 Å². The van der Waals surface area contributed by atoms with Crippen LogP contribution in [0.15, 0.2) is 42.9 Å². The molecular formula is C16H18N4. The molecule has 0 aliphatic heterocycles. The maximum Gasteiger partial charge on any atom is 0.137 e. The Bertz CT molecular complexity index is 731. The second-order valence-electron chi connectivity index (χ2n) is 5.15. The van der Waals surface area contributed by atoms with Crippen molar-refractivity contribution < 1.29 is 0 Å². The fourth-order valence-corrected chi connectivity index (χ4v) is 2.47. The van der Waals surface area contributed by atoms with Crippen molar-refractivity contribution in [1.29, 1.82) is 0 Å². The predicted octanol–water partition coefficient (Wildman–Crippen LogP) is 2.77. The van der Waals surface area contributed by atoms with Crippen LogP contribution in [0.2, 0.25) is 0 Å². The molecule has 0 aromatic carbocycles. The Morgan fingerprint density at radius 3 is 2.65 bits per heavy atom. The molecule has 0 aliphatic rings. The van der Waals surface area contributed by atoms with E-state index in [0.717, 1.165) is 22.6 Å². The van der Waals surface area contributed by atoms with Gasteiger partial charge in [-0.2, -0.15) is 0 Å². The molecule has 20 heavy (non-hydrogen) atoms. The zero-order valence-electron chi connectivity index (χ0n) is 11.7. The first-order chi connectivity index (χ1) is 9.70. The second kappa shape index (κ2) is 5.06. The molecule has 1 unspecified atom stereocenters. The van der Waals surface area contributed by atoms with Gasteiger partial charge in [0.1, 0.15) is 5.65 Å². The van der Waals surface area contributed by atoms with Crippen LogP contribution in [-0.4, -0.2) is 20.9 Å².